The normalized spacial score (nSPS) is 14.1. The van der Waals surface area contributed by atoms with Crippen molar-refractivity contribution in [1.29, 1.82) is 0 Å². The van der Waals surface area contributed by atoms with Gasteiger partial charge in [-0.1, -0.05) is 19.3 Å². The van der Waals surface area contributed by atoms with E-state index in [4.69, 9.17) is 0 Å². The van der Waals surface area contributed by atoms with Crippen LogP contribution in [0.15, 0.2) is 48.5 Å². The molecule has 4 rings (SSSR count). The Morgan fingerprint density at radius 3 is 2.27 bits per heavy atom. The second-order valence-corrected chi connectivity index (χ2v) is 8.01. The van der Waals surface area contributed by atoms with Crippen LogP contribution < -0.4 is 10.2 Å². The molecule has 1 aliphatic rings. The maximum Gasteiger partial charge on any atom is 0.251 e. The molecule has 10 heteroatoms. The third-order valence-corrected chi connectivity index (χ3v) is 5.54. The average molecular weight is 454 g/mol. The van der Waals surface area contributed by atoms with Crippen LogP contribution in [0.5, 0.6) is 0 Å². The lowest BCUT2D eigenvalue weighted by atomic mass is 9.95. The van der Waals surface area contributed by atoms with Gasteiger partial charge in [0.2, 0.25) is 11.7 Å². The highest BCUT2D eigenvalue weighted by Gasteiger charge is 2.23. The van der Waals surface area contributed by atoms with Gasteiger partial charge in [-0.05, 0) is 66.6 Å². The summed E-state index contributed by atoms with van der Waals surface area (Å²) in [4.78, 5) is 28.1. The number of nitrogens with one attached hydrogen (secondary N) is 1. The fraction of sp³-hybridized carbons (Fsp3) is 0.348. The van der Waals surface area contributed by atoms with Crippen LogP contribution in [0, 0.1) is 11.6 Å². The molecule has 1 saturated carbocycles. The van der Waals surface area contributed by atoms with Crippen LogP contribution in [0.2, 0.25) is 0 Å². The predicted octanol–water partition coefficient (Wildman–Crippen LogP) is 3.10. The summed E-state index contributed by atoms with van der Waals surface area (Å²) in [7, 11) is 0. The summed E-state index contributed by atoms with van der Waals surface area (Å²) in [5, 5.41) is 15.0. The monoisotopic (exact) mass is 454 g/mol. The molecule has 0 saturated heterocycles. The van der Waals surface area contributed by atoms with E-state index in [0.717, 1.165) is 36.9 Å². The van der Waals surface area contributed by atoms with Gasteiger partial charge in [-0.3, -0.25) is 9.59 Å². The van der Waals surface area contributed by atoms with Gasteiger partial charge in [0.25, 0.3) is 5.91 Å². The molecule has 0 bridgehead atoms. The second kappa shape index (κ2) is 10.3. The van der Waals surface area contributed by atoms with Crippen molar-refractivity contribution in [2.75, 3.05) is 11.4 Å². The van der Waals surface area contributed by atoms with Crippen LogP contribution in [0.4, 0.5) is 14.5 Å². The van der Waals surface area contributed by atoms with Crippen molar-refractivity contribution in [3.05, 3.63) is 60.2 Å². The summed E-state index contributed by atoms with van der Waals surface area (Å²) in [5.74, 6) is -1.32. The van der Waals surface area contributed by atoms with Gasteiger partial charge in [0, 0.05) is 17.3 Å². The number of aromatic nitrogens is 4. The lowest BCUT2D eigenvalue weighted by Gasteiger charge is -2.26. The Labute approximate surface area is 189 Å². The first kappa shape index (κ1) is 22.5. The van der Waals surface area contributed by atoms with Crippen molar-refractivity contribution in [3.8, 4) is 11.4 Å². The molecule has 172 valence electrons. The van der Waals surface area contributed by atoms with Crippen LogP contribution in [0.1, 0.15) is 32.1 Å². The summed E-state index contributed by atoms with van der Waals surface area (Å²) in [6, 6.07) is 11.0. The van der Waals surface area contributed by atoms with Gasteiger partial charge in [0.05, 0.1) is 0 Å². The highest BCUT2D eigenvalue weighted by molar-refractivity contribution is 5.98. The summed E-state index contributed by atoms with van der Waals surface area (Å²) in [6.45, 7) is -0.483. The summed E-state index contributed by atoms with van der Waals surface area (Å²) >= 11 is 0. The molecule has 33 heavy (non-hydrogen) atoms. The van der Waals surface area contributed by atoms with E-state index in [1.54, 1.807) is 0 Å². The van der Waals surface area contributed by atoms with E-state index in [0.29, 0.717) is 11.3 Å². The quantitative estimate of drug-likeness (QED) is 0.592. The first-order chi connectivity index (χ1) is 16.0. The minimum Gasteiger partial charge on any atom is -0.352 e. The average Bonchev–Trinajstić information content (AvgIpc) is 3.27. The molecule has 0 unspecified atom stereocenters. The zero-order valence-electron chi connectivity index (χ0n) is 18.0. The molecule has 1 aliphatic carbocycles. The van der Waals surface area contributed by atoms with E-state index in [1.807, 2.05) is 0 Å². The van der Waals surface area contributed by atoms with E-state index >= 15 is 0 Å². The van der Waals surface area contributed by atoms with E-state index in [2.05, 4.69) is 20.7 Å². The number of carbonyl (C=O) groups excluding carboxylic acids is 2. The molecule has 2 aromatic carbocycles. The molecule has 2 amide bonds. The number of hydrogen-bond donors (Lipinski definition) is 1. The van der Waals surface area contributed by atoms with Crippen LogP contribution in [-0.2, 0) is 16.1 Å². The highest BCUT2D eigenvalue weighted by atomic mass is 19.1. The van der Waals surface area contributed by atoms with Crippen LogP contribution in [0.3, 0.4) is 0 Å². The third kappa shape index (κ3) is 5.97. The number of rotatable bonds is 7. The van der Waals surface area contributed by atoms with E-state index in [9.17, 15) is 18.4 Å². The Hall–Kier alpha value is -3.69. The van der Waals surface area contributed by atoms with Gasteiger partial charge in [0.15, 0.2) is 0 Å². The number of tetrazole rings is 1. The minimum absolute atomic E-state index is 0.103. The van der Waals surface area contributed by atoms with Gasteiger partial charge in [-0.15, -0.1) is 10.2 Å². The number of amides is 2. The molecule has 0 radical (unpaired) electrons. The number of hydrogen-bond acceptors (Lipinski definition) is 5. The van der Waals surface area contributed by atoms with Crippen LogP contribution in [-0.4, -0.2) is 44.6 Å². The zero-order chi connectivity index (χ0) is 23.2. The molecular formula is C23H24F2N6O2. The predicted molar refractivity (Wildman–Crippen MR) is 117 cm³/mol. The smallest absolute Gasteiger partial charge is 0.251 e. The lowest BCUT2D eigenvalue weighted by Crippen LogP contribution is -2.46. The van der Waals surface area contributed by atoms with Crippen molar-refractivity contribution in [3.63, 3.8) is 0 Å². The Morgan fingerprint density at radius 2 is 1.61 bits per heavy atom. The minimum atomic E-state index is -0.455. The van der Waals surface area contributed by atoms with Crippen LogP contribution in [0.25, 0.3) is 11.4 Å². The number of benzene rings is 2. The fourth-order valence-electron chi connectivity index (χ4n) is 3.84. The van der Waals surface area contributed by atoms with Gasteiger partial charge in [-0.2, -0.15) is 4.80 Å². The maximum atomic E-state index is 13.4. The van der Waals surface area contributed by atoms with E-state index in [1.165, 1.54) is 53.4 Å². The number of halogens is 2. The molecule has 1 heterocycles. The van der Waals surface area contributed by atoms with Crippen molar-refractivity contribution < 1.29 is 18.4 Å². The topological polar surface area (TPSA) is 93.0 Å². The lowest BCUT2D eigenvalue weighted by molar-refractivity contribution is -0.124. The highest BCUT2D eigenvalue weighted by Crippen LogP contribution is 2.19. The van der Waals surface area contributed by atoms with Crippen molar-refractivity contribution in [2.24, 2.45) is 0 Å². The first-order valence-electron chi connectivity index (χ1n) is 10.9. The van der Waals surface area contributed by atoms with Gasteiger partial charge >= 0.3 is 0 Å². The van der Waals surface area contributed by atoms with Gasteiger partial charge in [0.1, 0.15) is 24.7 Å². The Morgan fingerprint density at radius 1 is 0.970 bits per heavy atom. The maximum absolute atomic E-state index is 13.4. The van der Waals surface area contributed by atoms with Crippen molar-refractivity contribution >= 4 is 17.5 Å². The third-order valence-electron chi connectivity index (χ3n) is 5.54. The first-order valence-corrected chi connectivity index (χ1v) is 10.9. The number of nitrogens with zero attached hydrogens (tertiary/aromatic N) is 5. The molecule has 0 aliphatic heterocycles. The summed E-state index contributed by atoms with van der Waals surface area (Å²) < 4.78 is 26.6. The molecule has 1 N–H and O–H groups in total. The zero-order valence-corrected chi connectivity index (χ0v) is 18.0. The van der Waals surface area contributed by atoms with E-state index < -0.39 is 11.7 Å². The Balaban J connectivity index is 1.47. The molecule has 1 fully saturated rings. The summed E-state index contributed by atoms with van der Waals surface area (Å²) in [5.41, 5.74) is 0.941. The number of anilines is 1. The molecule has 8 nitrogen and oxygen atoms in total. The van der Waals surface area contributed by atoms with Crippen molar-refractivity contribution in [1.82, 2.24) is 25.5 Å². The van der Waals surface area contributed by atoms with Crippen molar-refractivity contribution in [2.45, 2.75) is 44.7 Å². The molecule has 3 aromatic rings. The molecular weight excluding hydrogens is 430 g/mol. The largest absolute Gasteiger partial charge is 0.352 e. The Kier molecular flexibility index (Phi) is 7.01. The van der Waals surface area contributed by atoms with Gasteiger partial charge in [-0.25, -0.2) is 8.78 Å². The van der Waals surface area contributed by atoms with Crippen LogP contribution >= 0.6 is 0 Å². The SMILES string of the molecule is O=C(CN(C(=O)Cn1nnc(-c2ccc(F)cc2)n1)c1ccc(F)cc1)NC1CCCCC1. The standard InChI is InChI=1S/C23H24F2N6O2/c24-17-8-6-16(7-9-17)23-27-29-31(28-23)15-22(33)30(20-12-10-18(25)11-13-20)14-21(32)26-19-4-2-1-3-5-19/h6-13,19H,1-5,14-15H2,(H,26,32). The van der Waals surface area contributed by atoms with Gasteiger partial charge < -0.3 is 10.2 Å². The Bertz CT molecular complexity index is 1090. The summed E-state index contributed by atoms with van der Waals surface area (Å²) in [6.07, 6.45) is 5.15. The second-order valence-electron chi connectivity index (χ2n) is 8.01. The van der Waals surface area contributed by atoms with E-state index in [-0.39, 0.29) is 36.7 Å². The molecule has 0 atom stereocenters. The molecule has 1 aromatic heterocycles. The fourth-order valence-corrected chi connectivity index (χ4v) is 3.84. The number of carbonyl (C=O) groups is 2. The molecule has 0 spiro atoms.